The number of carbonyl (C=O) groups excluding carboxylic acids is 2. The van der Waals surface area contributed by atoms with Crippen molar-refractivity contribution in [2.45, 2.75) is 33.2 Å². The van der Waals surface area contributed by atoms with Gasteiger partial charge < -0.3 is 19.5 Å². The van der Waals surface area contributed by atoms with E-state index in [1.54, 1.807) is 42.5 Å². The lowest BCUT2D eigenvalue weighted by molar-refractivity contribution is -0.139. The van der Waals surface area contributed by atoms with Gasteiger partial charge in [0.1, 0.15) is 17.3 Å². The van der Waals surface area contributed by atoms with Crippen LogP contribution in [0.4, 0.5) is 0 Å². The lowest BCUT2D eigenvalue weighted by Gasteiger charge is -2.25. The smallest absolute Gasteiger partial charge is 0.295 e. The summed E-state index contributed by atoms with van der Waals surface area (Å²) in [4.78, 5) is 27.3. The third kappa shape index (κ3) is 4.54. The van der Waals surface area contributed by atoms with Crippen molar-refractivity contribution in [1.29, 1.82) is 0 Å². The summed E-state index contributed by atoms with van der Waals surface area (Å²) in [6.45, 7) is 6.85. The number of nitrogens with zero attached hydrogens (tertiary/aromatic N) is 1. The van der Waals surface area contributed by atoms with E-state index in [1.165, 1.54) is 4.90 Å². The highest BCUT2D eigenvalue weighted by atomic mass is 35.5. The zero-order valence-electron chi connectivity index (χ0n) is 17.9. The molecule has 2 aromatic rings. The number of halogens is 1. The van der Waals surface area contributed by atoms with Crippen LogP contribution < -0.4 is 9.47 Å². The molecule has 1 N–H and O–H groups in total. The monoisotopic (exact) mass is 443 g/mol. The van der Waals surface area contributed by atoms with Crippen LogP contribution in [0.2, 0.25) is 5.02 Å². The standard InChI is InChI=1S/C24H26ClNO5/c1-4-13-26-21(15-7-9-16(25)10-8-15)20(23(28)24(26)29)22(27)18-12-11-17(30-5-2)14-19(18)31-6-3/h7-12,14,21,27H,4-6,13H2,1-3H3/b22-20-. The van der Waals surface area contributed by atoms with Crippen LogP contribution in [-0.2, 0) is 9.59 Å². The van der Waals surface area contributed by atoms with Gasteiger partial charge in [-0.05, 0) is 50.1 Å². The summed E-state index contributed by atoms with van der Waals surface area (Å²) in [5, 5.41) is 11.8. The molecule has 164 valence electrons. The Morgan fingerprint density at radius 3 is 2.32 bits per heavy atom. The van der Waals surface area contributed by atoms with Gasteiger partial charge in [-0.2, -0.15) is 0 Å². The highest BCUT2D eigenvalue weighted by molar-refractivity contribution is 6.46. The second-order valence-electron chi connectivity index (χ2n) is 7.07. The van der Waals surface area contributed by atoms with E-state index in [4.69, 9.17) is 21.1 Å². The fraction of sp³-hybridized carbons (Fsp3) is 0.333. The van der Waals surface area contributed by atoms with Crippen LogP contribution in [0.1, 0.15) is 44.4 Å². The van der Waals surface area contributed by atoms with Crippen LogP contribution >= 0.6 is 11.6 Å². The fourth-order valence-electron chi connectivity index (χ4n) is 3.72. The Morgan fingerprint density at radius 1 is 1.03 bits per heavy atom. The number of Topliss-reactive ketones (excluding diaryl/α,β-unsaturated/α-hetero) is 1. The Labute approximate surface area is 187 Å². The van der Waals surface area contributed by atoms with E-state index in [2.05, 4.69) is 0 Å². The first-order valence-corrected chi connectivity index (χ1v) is 10.7. The first kappa shape index (κ1) is 22.7. The van der Waals surface area contributed by atoms with Gasteiger partial charge in [0.15, 0.2) is 0 Å². The quantitative estimate of drug-likeness (QED) is 0.354. The van der Waals surface area contributed by atoms with E-state index in [1.807, 2.05) is 20.8 Å². The summed E-state index contributed by atoms with van der Waals surface area (Å²) in [6, 6.07) is 11.2. The molecule has 1 aliphatic rings. The first-order chi connectivity index (χ1) is 14.9. The summed E-state index contributed by atoms with van der Waals surface area (Å²) in [5.74, 6) is -0.663. The Balaban J connectivity index is 2.19. The summed E-state index contributed by atoms with van der Waals surface area (Å²) in [5.41, 5.74) is 1.06. The fourth-order valence-corrected chi connectivity index (χ4v) is 3.84. The Morgan fingerprint density at radius 2 is 1.71 bits per heavy atom. The second-order valence-corrected chi connectivity index (χ2v) is 7.50. The molecule has 0 bridgehead atoms. The Hall–Kier alpha value is -2.99. The third-order valence-corrected chi connectivity index (χ3v) is 5.26. The van der Waals surface area contributed by atoms with Crippen molar-refractivity contribution in [1.82, 2.24) is 4.90 Å². The average Bonchev–Trinajstić information content (AvgIpc) is 3.00. The van der Waals surface area contributed by atoms with E-state index in [0.717, 1.165) is 0 Å². The van der Waals surface area contributed by atoms with E-state index in [0.29, 0.717) is 53.8 Å². The van der Waals surface area contributed by atoms with E-state index >= 15 is 0 Å². The second kappa shape index (κ2) is 9.88. The number of rotatable bonds is 8. The number of carbonyl (C=O) groups is 2. The van der Waals surface area contributed by atoms with E-state index < -0.39 is 17.7 Å². The van der Waals surface area contributed by atoms with Gasteiger partial charge in [-0.1, -0.05) is 30.7 Å². The van der Waals surface area contributed by atoms with Crippen molar-refractivity contribution >= 4 is 29.1 Å². The molecule has 0 spiro atoms. The highest BCUT2D eigenvalue weighted by Crippen LogP contribution is 2.41. The molecule has 1 unspecified atom stereocenters. The summed E-state index contributed by atoms with van der Waals surface area (Å²) in [7, 11) is 0. The summed E-state index contributed by atoms with van der Waals surface area (Å²) in [6.07, 6.45) is 0.671. The van der Waals surface area contributed by atoms with Crippen LogP contribution in [0, 0.1) is 0 Å². The molecule has 1 aliphatic heterocycles. The predicted molar refractivity (Wildman–Crippen MR) is 120 cm³/mol. The van der Waals surface area contributed by atoms with E-state index in [9.17, 15) is 14.7 Å². The third-order valence-electron chi connectivity index (χ3n) is 5.01. The molecule has 0 aliphatic carbocycles. The Bertz CT molecular complexity index is 1000. The van der Waals surface area contributed by atoms with Crippen LogP contribution in [0.25, 0.3) is 5.76 Å². The number of ketones is 1. The molecular weight excluding hydrogens is 418 g/mol. The highest BCUT2D eigenvalue weighted by Gasteiger charge is 2.45. The van der Waals surface area contributed by atoms with Gasteiger partial charge in [-0.25, -0.2) is 0 Å². The SMILES string of the molecule is CCCN1C(=O)C(=O)/C(=C(\O)c2ccc(OCC)cc2OCC)C1c1ccc(Cl)cc1. The minimum Gasteiger partial charge on any atom is -0.507 e. The Kier molecular flexibility index (Phi) is 7.23. The number of hydrogen-bond donors (Lipinski definition) is 1. The van der Waals surface area contributed by atoms with Crippen molar-refractivity contribution < 1.29 is 24.2 Å². The molecule has 2 aromatic carbocycles. The summed E-state index contributed by atoms with van der Waals surface area (Å²) >= 11 is 6.03. The van der Waals surface area contributed by atoms with Crippen molar-refractivity contribution in [2.75, 3.05) is 19.8 Å². The zero-order chi connectivity index (χ0) is 22.5. The van der Waals surface area contributed by atoms with Crippen molar-refractivity contribution in [2.24, 2.45) is 0 Å². The maximum Gasteiger partial charge on any atom is 0.295 e. The largest absolute Gasteiger partial charge is 0.507 e. The van der Waals surface area contributed by atoms with Crippen LogP contribution in [-0.4, -0.2) is 41.5 Å². The average molecular weight is 444 g/mol. The molecule has 0 aromatic heterocycles. The van der Waals surface area contributed by atoms with Gasteiger partial charge in [-0.15, -0.1) is 0 Å². The number of hydrogen-bond acceptors (Lipinski definition) is 5. The van der Waals surface area contributed by atoms with E-state index in [-0.39, 0.29) is 11.3 Å². The molecule has 6 nitrogen and oxygen atoms in total. The molecule has 1 saturated heterocycles. The minimum absolute atomic E-state index is 0.0332. The minimum atomic E-state index is -0.720. The number of likely N-dealkylation sites (tertiary alicyclic amines) is 1. The number of aliphatic hydroxyl groups is 1. The normalized spacial score (nSPS) is 17.8. The molecule has 0 saturated carbocycles. The van der Waals surface area contributed by atoms with Gasteiger partial charge in [0.2, 0.25) is 0 Å². The number of ether oxygens (including phenoxy) is 2. The lowest BCUT2D eigenvalue weighted by Crippen LogP contribution is -2.30. The number of aliphatic hydroxyl groups excluding tert-OH is 1. The molecule has 1 atom stereocenters. The molecule has 7 heteroatoms. The van der Waals surface area contributed by atoms with Crippen molar-refractivity contribution in [3.8, 4) is 11.5 Å². The van der Waals surface area contributed by atoms with Gasteiger partial charge in [0, 0.05) is 17.6 Å². The molecule has 1 amide bonds. The molecule has 3 rings (SSSR count). The molecule has 1 heterocycles. The maximum atomic E-state index is 13.0. The molecule has 0 radical (unpaired) electrons. The van der Waals surface area contributed by atoms with Crippen molar-refractivity contribution in [3.63, 3.8) is 0 Å². The van der Waals surface area contributed by atoms with Crippen LogP contribution in [0.15, 0.2) is 48.0 Å². The topological polar surface area (TPSA) is 76.1 Å². The first-order valence-electron chi connectivity index (χ1n) is 10.4. The van der Waals surface area contributed by atoms with Gasteiger partial charge in [-0.3, -0.25) is 9.59 Å². The number of amides is 1. The van der Waals surface area contributed by atoms with Crippen molar-refractivity contribution in [3.05, 3.63) is 64.2 Å². The molecule has 31 heavy (non-hydrogen) atoms. The van der Waals surface area contributed by atoms with Crippen LogP contribution in [0.5, 0.6) is 11.5 Å². The lowest BCUT2D eigenvalue weighted by atomic mass is 9.95. The summed E-state index contributed by atoms with van der Waals surface area (Å²) < 4.78 is 11.2. The molecule has 1 fully saturated rings. The van der Waals surface area contributed by atoms with Gasteiger partial charge in [0.25, 0.3) is 11.7 Å². The zero-order valence-corrected chi connectivity index (χ0v) is 18.6. The predicted octanol–water partition coefficient (Wildman–Crippen LogP) is 4.97. The maximum absolute atomic E-state index is 13.0. The van der Waals surface area contributed by atoms with Gasteiger partial charge in [0.05, 0.1) is 30.4 Å². The number of benzene rings is 2. The van der Waals surface area contributed by atoms with Gasteiger partial charge >= 0.3 is 0 Å². The molecular formula is C24H26ClNO5. The van der Waals surface area contributed by atoms with Crippen LogP contribution in [0.3, 0.4) is 0 Å².